The molecule has 0 aliphatic carbocycles. The van der Waals surface area contributed by atoms with Crippen LogP contribution in [0, 0.1) is 0 Å². The Bertz CT molecular complexity index is 298. The maximum atomic E-state index is 9.79. The first kappa shape index (κ1) is 14.4. The van der Waals surface area contributed by atoms with Gasteiger partial charge in [0.2, 0.25) is 0 Å². The molecule has 3 heteroatoms. The molecule has 1 atom stereocenters. The number of methoxy groups -OCH3 is 1. The van der Waals surface area contributed by atoms with Crippen LogP contribution in [0.25, 0.3) is 0 Å². The molecular weight excluding hydrogens is 232 g/mol. The predicted octanol–water partition coefficient (Wildman–Crippen LogP) is 3.13. The zero-order valence-electron chi connectivity index (χ0n) is 10.7. The fourth-order valence-electron chi connectivity index (χ4n) is 1.57. The highest BCUT2D eigenvalue weighted by atomic mass is 32.2. The number of rotatable bonds is 8. The maximum Gasteiger partial charge on any atom is 0.118 e. The van der Waals surface area contributed by atoms with E-state index in [0.717, 1.165) is 30.1 Å². The second kappa shape index (κ2) is 8.43. The first-order valence-corrected chi connectivity index (χ1v) is 7.30. The van der Waals surface area contributed by atoms with E-state index in [9.17, 15) is 5.11 Å². The molecule has 0 aromatic heterocycles. The number of ether oxygens (including phenoxy) is 1. The summed E-state index contributed by atoms with van der Waals surface area (Å²) in [5.41, 5.74) is 1.25. The average Bonchev–Trinajstić information content (AvgIpc) is 2.37. The highest BCUT2D eigenvalue weighted by Gasteiger charge is 2.04. The number of aliphatic hydroxyl groups is 1. The lowest BCUT2D eigenvalue weighted by molar-refractivity contribution is 0.189. The van der Waals surface area contributed by atoms with E-state index in [-0.39, 0.29) is 6.10 Å². The van der Waals surface area contributed by atoms with Gasteiger partial charge in [-0.25, -0.2) is 0 Å². The van der Waals surface area contributed by atoms with E-state index in [1.165, 1.54) is 12.0 Å². The molecule has 1 rings (SSSR count). The largest absolute Gasteiger partial charge is 0.497 e. The summed E-state index contributed by atoms with van der Waals surface area (Å²) in [5.74, 6) is 2.87. The quantitative estimate of drug-likeness (QED) is 0.723. The topological polar surface area (TPSA) is 29.5 Å². The number of hydrogen-bond acceptors (Lipinski definition) is 3. The van der Waals surface area contributed by atoms with Gasteiger partial charge in [-0.3, -0.25) is 0 Å². The van der Waals surface area contributed by atoms with Crippen LogP contribution >= 0.6 is 11.8 Å². The predicted molar refractivity (Wildman–Crippen MR) is 74.9 cm³/mol. The van der Waals surface area contributed by atoms with Crippen molar-refractivity contribution in [1.29, 1.82) is 0 Å². The van der Waals surface area contributed by atoms with Crippen LogP contribution in [0.4, 0.5) is 0 Å². The zero-order valence-corrected chi connectivity index (χ0v) is 11.5. The summed E-state index contributed by atoms with van der Waals surface area (Å²) in [5, 5.41) is 9.79. The van der Waals surface area contributed by atoms with Gasteiger partial charge in [0.05, 0.1) is 13.2 Å². The van der Waals surface area contributed by atoms with Crippen molar-refractivity contribution >= 4 is 11.8 Å². The highest BCUT2D eigenvalue weighted by molar-refractivity contribution is 7.99. The fraction of sp³-hybridized carbons (Fsp3) is 0.571. The molecule has 0 spiro atoms. The molecule has 0 bridgehead atoms. The van der Waals surface area contributed by atoms with Crippen LogP contribution in [0.3, 0.4) is 0 Å². The van der Waals surface area contributed by atoms with Crippen molar-refractivity contribution < 1.29 is 9.84 Å². The lowest BCUT2D eigenvalue weighted by Crippen LogP contribution is -2.11. The number of hydrogen-bond donors (Lipinski definition) is 1. The molecular formula is C14H22O2S. The molecule has 0 saturated heterocycles. The van der Waals surface area contributed by atoms with Crippen molar-refractivity contribution in [1.82, 2.24) is 0 Å². The van der Waals surface area contributed by atoms with E-state index in [1.54, 1.807) is 7.11 Å². The standard InChI is InChI=1S/C14H22O2S/c1-3-10-17-11-13(15)7-4-12-5-8-14(16-2)9-6-12/h5-6,8-9,13,15H,3-4,7,10-11H2,1-2H3. The van der Waals surface area contributed by atoms with Gasteiger partial charge in [-0.05, 0) is 42.7 Å². The van der Waals surface area contributed by atoms with Gasteiger partial charge in [-0.15, -0.1) is 0 Å². The van der Waals surface area contributed by atoms with Crippen molar-refractivity contribution in [2.45, 2.75) is 32.3 Å². The Hall–Kier alpha value is -0.670. The zero-order chi connectivity index (χ0) is 12.5. The average molecular weight is 254 g/mol. The summed E-state index contributed by atoms with van der Waals surface area (Å²) in [4.78, 5) is 0. The lowest BCUT2D eigenvalue weighted by atomic mass is 10.1. The fourth-order valence-corrected chi connectivity index (χ4v) is 2.47. The number of aliphatic hydroxyl groups excluding tert-OH is 1. The van der Waals surface area contributed by atoms with Crippen LogP contribution in [0.2, 0.25) is 0 Å². The van der Waals surface area contributed by atoms with Gasteiger partial charge < -0.3 is 9.84 Å². The van der Waals surface area contributed by atoms with Crippen molar-refractivity contribution in [3.63, 3.8) is 0 Å². The Kier molecular flexibility index (Phi) is 7.13. The van der Waals surface area contributed by atoms with Crippen LogP contribution in [0.15, 0.2) is 24.3 Å². The summed E-state index contributed by atoms with van der Waals surface area (Å²) in [7, 11) is 1.67. The van der Waals surface area contributed by atoms with Crippen LogP contribution < -0.4 is 4.74 Å². The van der Waals surface area contributed by atoms with E-state index in [4.69, 9.17) is 4.74 Å². The van der Waals surface area contributed by atoms with Gasteiger partial charge in [-0.2, -0.15) is 11.8 Å². The van der Waals surface area contributed by atoms with Gasteiger partial charge >= 0.3 is 0 Å². The summed E-state index contributed by atoms with van der Waals surface area (Å²) < 4.78 is 5.11. The van der Waals surface area contributed by atoms with Crippen molar-refractivity contribution in [3.05, 3.63) is 29.8 Å². The summed E-state index contributed by atoms with van der Waals surface area (Å²) in [6.07, 6.45) is 2.75. The Morgan fingerprint density at radius 2 is 2.00 bits per heavy atom. The molecule has 2 nitrogen and oxygen atoms in total. The van der Waals surface area contributed by atoms with E-state index in [1.807, 2.05) is 23.9 Å². The molecule has 0 amide bonds. The normalized spacial score (nSPS) is 12.4. The van der Waals surface area contributed by atoms with E-state index >= 15 is 0 Å². The van der Waals surface area contributed by atoms with Crippen LogP contribution in [0.1, 0.15) is 25.3 Å². The van der Waals surface area contributed by atoms with E-state index < -0.39 is 0 Å². The number of aryl methyl sites for hydroxylation is 1. The second-order valence-electron chi connectivity index (χ2n) is 4.12. The second-order valence-corrected chi connectivity index (χ2v) is 5.27. The molecule has 96 valence electrons. The SMILES string of the molecule is CCCSCC(O)CCc1ccc(OC)cc1. The minimum absolute atomic E-state index is 0.186. The molecule has 0 fully saturated rings. The third-order valence-corrected chi connectivity index (χ3v) is 3.90. The first-order chi connectivity index (χ1) is 8.26. The van der Waals surface area contributed by atoms with Gasteiger partial charge in [-0.1, -0.05) is 19.1 Å². The third kappa shape index (κ3) is 5.99. The Balaban J connectivity index is 2.24. The molecule has 0 aliphatic heterocycles. The molecule has 1 N–H and O–H groups in total. The first-order valence-electron chi connectivity index (χ1n) is 6.15. The minimum Gasteiger partial charge on any atom is -0.497 e. The van der Waals surface area contributed by atoms with Gasteiger partial charge in [0.1, 0.15) is 5.75 Å². The summed E-state index contributed by atoms with van der Waals surface area (Å²) >= 11 is 1.83. The monoisotopic (exact) mass is 254 g/mol. The van der Waals surface area contributed by atoms with Gasteiger partial charge in [0, 0.05) is 5.75 Å². The highest BCUT2D eigenvalue weighted by Crippen LogP contribution is 2.14. The van der Waals surface area contributed by atoms with Gasteiger partial charge in [0.15, 0.2) is 0 Å². The number of thioether (sulfide) groups is 1. The number of benzene rings is 1. The maximum absolute atomic E-state index is 9.79. The third-order valence-electron chi connectivity index (χ3n) is 2.58. The molecule has 1 aromatic carbocycles. The van der Waals surface area contributed by atoms with Crippen molar-refractivity contribution in [2.75, 3.05) is 18.6 Å². The summed E-state index contributed by atoms with van der Waals surface area (Å²) in [6.45, 7) is 2.16. The van der Waals surface area contributed by atoms with E-state index in [2.05, 4.69) is 19.1 Å². The van der Waals surface area contributed by atoms with E-state index in [0.29, 0.717) is 0 Å². The summed E-state index contributed by atoms with van der Waals surface area (Å²) in [6, 6.07) is 8.05. The molecule has 1 unspecified atom stereocenters. The van der Waals surface area contributed by atoms with Gasteiger partial charge in [0.25, 0.3) is 0 Å². The smallest absolute Gasteiger partial charge is 0.118 e. The minimum atomic E-state index is -0.186. The Morgan fingerprint density at radius 1 is 1.29 bits per heavy atom. The van der Waals surface area contributed by atoms with Crippen LogP contribution in [-0.4, -0.2) is 29.8 Å². The Morgan fingerprint density at radius 3 is 2.59 bits per heavy atom. The Labute approximate surface area is 108 Å². The molecule has 1 aromatic rings. The molecule has 0 aliphatic rings. The molecule has 0 saturated carbocycles. The van der Waals surface area contributed by atoms with Crippen LogP contribution in [-0.2, 0) is 6.42 Å². The molecule has 0 radical (unpaired) electrons. The molecule has 17 heavy (non-hydrogen) atoms. The molecule has 0 heterocycles. The van der Waals surface area contributed by atoms with Crippen molar-refractivity contribution in [2.24, 2.45) is 0 Å². The van der Waals surface area contributed by atoms with Crippen LogP contribution in [0.5, 0.6) is 5.75 Å². The van der Waals surface area contributed by atoms with Crippen molar-refractivity contribution in [3.8, 4) is 5.75 Å². The lowest BCUT2D eigenvalue weighted by Gasteiger charge is -2.10.